The van der Waals surface area contributed by atoms with Gasteiger partial charge in [-0.25, -0.2) is 4.79 Å². The molecule has 2 aromatic carbocycles. The van der Waals surface area contributed by atoms with Gasteiger partial charge in [0.2, 0.25) is 0 Å². The van der Waals surface area contributed by atoms with Crippen molar-refractivity contribution in [1.29, 1.82) is 0 Å². The molecule has 1 aliphatic rings. The molecule has 9 nitrogen and oxygen atoms in total. The van der Waals surface area contributed by atoms with Crippen molar-refractivity contribution in [2.45, 2.75) is 19.6 Å². The summed E-state index contributed by atoms with van der Waals surface area (Å²) in [6.07, 6.45) is 0. The molecule has 3 aromatic rings. The number of ether oxygens (including phenoxy) is 1. The molecule has 0 bridgehead atoms. The standard InChI is InChI=1S/C19H19N5O4/c1-28-17-5-3-2-4-14(17)12-21-10-11-22-18(13-21)20-23(19(22)25)15-6-8-16(9-7-15)24(26)27/h2-9H,10-13H2,1H3. The SMILES string of the molecule is COc1ccccc1CN1CCn2c(nn(-c3ccc([N+](=O)[O-])cc3)c2=O)C1. The minimum Gasteiger partial charge on any atom is -0.496 e. The highest BCUT2D eigenvalue weighted by Gasteiger charge is 2.23. The van der Waals surface area contributed by atoms with E-state index in [-0.39, 0.29) is 11.4 Å². The molecule has 0 fully saturated rings. The lowest BCUT2D eigenvalue weighted by Gasteiger charge is -2.26. The van der Waals surface area contributed by atoms with Crippen molar-refractivity contribution in [2.75, 3.05) is 13.7 Å². The Bertz CT molecular complexity index is 1070. The first-order valence-electron chi connectivity index (χ1n) is 8.84. The molecule has 144 valence electrons. The van der Waals surface area contributed by atoms with Gasteiger partial charge in [0.25, 0.3) is 5.69 Å². The smallest absolute Gasteiger partial charge is 0.350 e. The van der Waals surface area contributed by atoms with Gasteiger partial charge in [-0.1, -0.05) is 18.2 Å². The third kappa shape index (κ3) is 3.27. The number of nitro groups is 1. The van der Waals surface area contributed by atoms with Crippen LogP contribution in [0.4, 0.5) is 5.69 Å². The Morgan fingerprint density at radius 2 is 1.89 bits per heavy atom. The summed E-state index contributed by atoms with van der Waals surface area (Å²) in [6.45, 7) is 2.49. The van der Waals surface area contributed by atoms with Crippen LogP contribution in [0.2, 0.25) is 0 Å². The zero-order valence-corrected chi connectivity index (χ0v) is 15.3. The number of aromatic nitrogens is 3. The Hall–Kier alpha value is -3.46. The minimum absolute atomic E-state index is 0.0243. The molecule has 0 amide bonds. The van der Waals surface area contributed by atoms with E-state index in [0.29, 0.717) is 31.1 Å². The predicted octanol–water partition coefficient (Wildman–Crippen LogP) is 1.97. The molecule has 4 rings (SSSR count). The van der Waals surface area contributed by atoms with E-state index < -0.39 is 4.92 Å². The highest BCUT2D eigenvalue weighted by molar-refractivity contribution is 5.40. The maximum Gasteiger partial charge on any atom is 0.350 e. The van der Waals surface area contributed by atoms with E-state index in [2.05, 4.69) is 10.00 Å². The summed E-state index contributed by atoms with van der Waals surface area (Å²) >= 11 is 0. The van der Waals surface area contributed by atoms with Crippen LogP contribution in [-0.2, 0) is 19.6 Å². The van der Waals surface area contributed by atoms with Crippen molar-refractivity contribution in [3.05, 3.63) is 80.5 Å². The highest BCUT2D eigenvalue weighted by atomic mass is 16.6. The van der Waals surface area contributed by atoms with Gasteiger partial charge in [-0.05, 0) is 18.2 Å². The van der Waals surface area contributed by atoms with Crippen LogP contribution in [0, 0.1) is 10.1 Å². The zero-order valence-electron chi connectivity index (χ0n) is 15.3. The van der Waals surface area contributed by atoms with Gasteiger partial charge in [-0.2, -0.15) is 4.68 Å². The normalized spacial score (nSPS) is 13.9. The Kier molecular flexibility index (Phi) is 4.66. The van der Waals surface area contributed by atoms with Crippen molar-refractivity contribution in [2.24, 2.45) is 0 Å². The van der Waals surface area contributed by atoms with E-state index >= 15 is 0 Å². The molecule has 0 radical (unpaired) electrons. The Morgan fingerprint density at radius 1 is 1.14 bits per heavy atom. The first kappa shape index (κ1) is 17.9. The lowest BCUT2D eigenvalue weighted by Crippen LogP contribution is -2.37. The van der Waals surface area contributed by atoms with Crippen LogP contribution in [0.15, 0.2) is 53.3 Å². The van der Waals surface area contributed by atoms with Crippen molar-refractivity contribution < 1.29 is 9.66 Å². The van der Waals surface area contributed by atoms with Gasteiger partial charge < -0.3 is 4.74 Å². The number of hydrogen-bond acceptors (Lipinski definition) is 6. The van der Waals surface area contributed by atoms with Gasteiger partial charge in [0.15, 0.2) is 0 Å². The zero-order chi connectivity index (χ0) is 19.7. The number of nitro benzene ring substituents is 1. The molecule has 9 heteroatoms. The van der Waals surface area contributed by atoms with Crippen LogP contribution in [0.25, 0.3) is 5.69 Å². The van der Waals surface area contributed by atoms with E-state index in [9.17, 15) is 14.9 Å². The number of hydrogen-bond donors (Lipinski definition) is 0. The molecule has 28 heavy (non-hydrogen) atoms. The van der Waals surface area contributed by atoms with E-state index in [1.807, 2.05) is 24.3 Å². The number of nitrogens with zero attached hydrogens (tertiary/aromatic N) is 5. The maximum absolute atomic E-state index is 12.7. The fraction of sp³-hybridized carbons (Fsp3) is 0.263. The molecule has 0 unspecified atom stereocenters. The third-order valence-electron chi connectivity index (χ3n) is 4.84. The first-order chi connectivity index (χ1) is 13.6. The van der Waals surface area contributed by atoms with Crippen LogP contribution in [0.3, 0.4) is 0 Å². The maximum atomic E-state index is 12.7. The molecule has 0 N–H and O–H groups in total. The number of benzene rings is 2. The summed E-state index contributed by atoms with van der Waals surface area (Å²) in [6, 6.07) is 13.7. The second kappa shape index (κ2) is 7.28. The Balaban J connectivity index is 1.57. The summed E-state index contributed by atoms with van der Waals surface area (Å²) in [5.74, 6) is 1.51. The van der Waals surface area contributed by atoms with Crippen molar-refractivity contribution in [3.63, 3.8) is 0 Å². The van der Waals surface area contributed by atoms with E-state index in [1.54, 1.807) is 11.7 Å². The Labute approximate surface area is 160 Å². The van der Waals surface area contributed by atoms with Crippen molar-refractivity contribution >= 4 is 5.69 Å². The van der Waals surface area contributed by atoms with Gasteiger partial charge >= 0.3 is 5.69 Å². The van der Waals surface area contributed by atoms with Crippen molar-refractivity contribution in [1.82, 2.24) is 19.2 Å². The first-order valence-corrected chi connectivity index (χ1v) is 8.84. The van der Waals surface area contributed by atoms with E-state index in [1.165, 1.54) is 28.9 Å². The van der Waals surface area contributed by atoms with Crippen molar-refractivity contribution in [3.8, 4) is 11.4 Å². The fourth-order valence-electron chi connectivity index (χ4n) is 3.39. The summed E-state index contributed by atoms with van der Waals surface area (Å²) in [7, 11) is 1.65. The summed E-state index contributed by atoms with van der Waals surface area (Å²) in [5.41, 5.74) is 1.33. The number of methoxy groups -OCH3 is 1. The van der Waals surface area contributed by atoms with Gasteiger partial charge in [0.1, 0.15) is 11.6 Å². The molecule has 0 atom stereocenters. The number of non-ortho nitro benzene ring substituents is 1. The predicted molar refractivity (Wildman–Crippen MR) is 102 cm³/mol. The molecule has 0 aliphatic carbocycles. The van der Waals surface area contributed by atoms with E-state index in [0.717, 1.165) is 17.9 Å². The second-order valence-electron chi connectivity index (χ2n) is 6.56. The average molecular weight is 381 g/mol. The largest absolute Gasteiger partial charge is 0.496 e. The fourth-order valence-corrected chi connectivity index (χ4v) is 3.39. The summed E-state index contributed by atoms with van der Waals surface area (Å²) in [4.78, 5) is 25.2. The van der Waals surface area contributed by atoms with Crippen LogP contribution in [0.1, 0.15) is 11.4 Å². The topological polar surface area (TPSA) is 95.4 Å². The van der Waals surface area contributed by atoms with Crippen LogP contribution in [-0.4, -0.2) is 37.8 Å². The molecular formula is C19H19N5O4. The average Bonchev–Trinajstić information content (AvgIpc) is 3.04. The van der Waals surface area contributed by atoms with Gasteiger partial charge in [-0.3, -0.25) is 19.6 Å². The quantitative estimate of drug-likeness (QED) is 0.495. The molecule has 1 aliphatic heterocycles. The summed E-state index contributed by atoms with van der Waals surface area (Å²) in [5, 5.41) is 15.3. The molecular weight excluding hydrogens is 362 g/mol. The highest BCUT2D eigenvalue weighted by Crippen LogP contribution is 2.21. The lowest BCUT2D eigenvalue weighted by molar-refractivity contribution is -0.384. The van der Waals surface area contributed by atoms with Crippen LogP contribution < -0.4 is 10.4 Å². The van der Waals surface area contributed by atoms with Gasteiger partial charge in [0.05, 0.1) is 24.3 Å². The molecule has 0 saturated carbocycles. The second-order valence-corrected chi connectivity index (χ2v) is 6.56. The lowest BCUT2D eigenvalue weighted by atomic mass is 10.2. The van der Waals surface area contributed by atoms with Crippen LogP contribution in [0.5, 0.6) is 5.75 Å². The van der Waals surface area contributed by atoms with E-state index in [4.69, 9.17) is 4.74 Å². The van der Waals surface area contributed by atoms with Gasteiger partial charge in [0, 0.05) is 37.3 Å². The molecule has 1 aromatic heterocycles. The molecule has 0 spiro atoms. The number of rotatable bonds is 5. The van der Waals surface area contributed by atoms with Crippen LogP contribution >= 0.6 is 0 Å². The third-order valence-corrected chi connectivity index (χ3v) is 4.84. The van der Waals surface area contributed by atoms with Gasteiger partial charge in [-0.15, -0.1) is 5.10 Å². The monoisotopic (exact) mass is 381 g/mol. The molecule has 0 saturated heterocycles. The Morgan fingerprint density at radius 3 is 2.61 bits per heavy atom. The summed E-state index contributed by atoms with van der Waals surface area (Å²) < 4.78 is 8.36. The molecule has 2 heterocycles. The number of fused-ring (bicyclic) bond motifs is 1. The minimum atomic E-state index is -0.472. The number of para-hydroxylation sites is 1.